The highest BCUT2D eigenvalue weighted by atomic mass is 16.6. The molecule has 0 spiro atoms. The largest absolute Gasteiger partial charge is 0.364 e. The van der Waals surface area contributed by atoms with Crippen LogP contribution in [0.4, 0.5) is 0 Å². The van der Waals surface area contributed by atoms with Gasteiger partial charge in [0.1, 0.15) is 6.26 Å². The Labute approximate surface area is 92.9 Å². The molecule has 1 N–H and O–H groups in total. The zero-order chi connectivity index (χ0) is 12.1. The summed E-state index contributed by atoms with van der Waals surface area (Å²) >= 11 is 0. The molecule has 0 atom stereocenters. The Bertz CT molecular complexity index is 397. The predicted octanol–water partition coefficient (Wildman–Crippen LogP) is 0.710. The van der Waals surface area contributed by atoms with Crippen LogP contribution in [0.5, 0.6) is 0 Å². The van der Waals surface area contributed by atoms with Crippen molar-refractivity contribution >= 4 is 0 Å². The Hall–Kier alpha value is -2.05. The van der Waals surface area contributed by atoms with Gasteiger partial charge in [0.15, 0.2) is 5.82 Å². The molecule has 16 heavy (non-hydrogen) atoms. The van der Waals surface area contributed by atoms with Crippen molar-refractivity contribution in [1.29, 1.82) is 0 Å². The second-order valence-electron chi connectivity index (χ2n) is 3.47. The van der Waals surface area contributed by atoms with Gasteiger partial charge in [-0.1, -0.05) is 5.16 Å². The number of aryl methyl sites for hydroxylation is 1. The Morgan fingerprint density at radius 2 is 2.44 bits per heavy atom. The molecule has 7 nitrogen and oxygen atoms in total. The van der Waals surface area contributed by atoms with Crippen LogP contribution in [0.15, 0.2) is 22.8 Å². The van der Waals surface area contributed by atoms with Gasteiger partial charge < -0.3 is 14.7 Å². The van der Waals surface area contributed by atoms with Crippen molar-refractivity contribution in [3.63, 3.8) is 0 Å². The molecule has 0 amide bonds. The molecule has 0 fully saturated rings. The van der Waals surface area contributed by atoms with Gasteiger partial charge in [-0.2, -0.15) is 0 Å². The van der Waals surface area contributed by atoms with Crippen LogP contribution in [0.1, 0.15) is 11.3 Å². The lowest BCUT2D eigenvalue weighted by atomic mass is 10.3. The molecule has 1 aromatic rings. The lowest BCUT2D eigenvalue weighted by Gasteiger charge is -2.15. The average molecular weight is 226 g/mol. The first-order chi connectivity index (χ1) is 7.50. The van der Waals surface area contributed by atoms with Gasteiger partial charge in [0, 0.05) is 26.2 Å². The van der Waals surface area contributed by atoms with E-state index in [4.69, 9.17) is 4.52 Å². The highest BCUT2D eigenvalue weighted by molar-refractivity contribution is 5.13. The third kappa shape index (κ3) is 3.26. The molecule has 1 aromatic heterocycles. The van der Waals surface area contributed by atoms with Gasteiger partial charge >= 0.3 is 0 Å². The molecular formula is C9H14N4O3. The highest BCUT2D eigenvalue weighted by Crippen LogP contribution is 2.05. The molecule has 0 aliphatic heterocycles. The monoisotopic (exact) mass is 226 g/mol. The van der Waals surface area contributed by atoms with E-state index < -0.39 is 4.92 Å². The van der Waals surface area contributed by atoms with Gasteiger partial charge in [0.05, 0.1) is 10.6 Å². The maximum Gasteiger partial charge on any atom is 0.274 e. The first-order valence-corrected chi connectivity index (χ1v) is 4.67. The number of aromatic nitrogens is 1. The first-order valence-electron chi connectivity index (χ1n) is 4.67. The van der Waals surface area contributed by atoms with E-state index in [1.165, 1.54) is 6.26 Å². The highest BCUT2D eigenvalue weighted by Gasteiger charge is 2.07. The van der Waals surface area contributed by atoms with E-state index in [-0.39, 0.29) is 0 Å². The minimum absolute atomic E-state index is 0.422. The minimum Gasteiger partial charge on any atom is -0.364 e. The Morgan fingerprint density at radius 1 is 1.75 bits per heavy atom. The standard InChI is InChI=1S/C9H14N4O3/c1-7-8(6-16-11-7)4-10-9(12(2)3)5-13(14)15/h5-6,10H,4H2,1-3H3/b9-5-. The number of nitro groups is 1. The van der Waals surface area contributed by atoms with Crippen LogP contribution in [-0.2, 0) is 6.54 Å². The number of hydrogen-bond acceptors (Lipinski definition) is 6. The normalized spacial score (nSPS) is 11.3. The summed E-state index contributed by atoms with van der Waals surface area (Å²) in [5.41, 5.74) is 1.64. The Balaban J connectivity index is 2.65. The molecule has 0 saturated heterocycles. The van der Waals surface area contributed by atoms with Gasteiger partial charge in [0.25, 0.3) is 6.20 Å². The van der Waals surface area contributed by atoms with E-state index in [1.54, 1.807) is 19.0 Å². The zero-order valence-corrected chi connectivity index (χ0v) is 9.43. The summed E-state index contributed by atoms with van der Waals surface area (Å²) in [7, 11) is 3.45. The molecule has 1 rings (SSSR count). The molecule has 0 radical (unpaired) electrons. The van der Waals surface area contributed by atoms with Crippen LogP contribution in [0, 0.1) is 17.0 Å². The third-order valence-electron chi connectivity index (χ3n) is 2.02. The Morgan fingerprint density at radius 3 is 2.88 bits per heavy atom. The summed E-state index contributed by atoms with van der Waals surface area (Å²) in [6.07, 6.45) is 2.44. The zero-order valence-electron chi connectivity index (χ0n) is 9.43. The SMILES string of the molecule is Cc1nocc1CN/C(=C/[N+](=O)[O-])N(C)C. The lowest BCUT2D eigenvalue weighted by Crippen LogP contribution is -2.26. The molecule has 0 aromatic carbocycles. The summed E-state index contributed by atoms with van der Waals surface area (Å²) in [5.74, 6) is 0.422. The van der Waals surface area contributed by atoms with Crippen LogP contribution in [-0.4, -0.2) is 29.1 Å². The van der Waals surface area contributed by atoms with Crippen molar-refractivity contribution in [2.75, 3.05) is 14.1 Å². The number of nitrogens with zero attached hydrogens (tertiary/aromatic N) is 3. The average Bonchev–Trinajstić information content (AvgIpc) is 2.57. The van der Waals surface area contributed by atoms with Gasteiger partial charge in [-0.05, 0) is 6.92 Å². The maximum atomic E-state index is 10.4. The third-order valence-corrected chi connectivity index (χ3v) is 2.02. The van der Waals surface area contributed by atoms with Crippen molar-refractivity contribution < 1.29 is 9.45 Å². The molecule has 0 aliphatic carbocycles. The number of nitrogens with one attached hydrogen (secondary N) is 1. The molecule has 0 aliphatic rings. The summed E-state index contributed by atoms with van der Waals surface area (Å²) in [5, 5.41) is 17.0. The van der Waals surface area contributed by atoms with E-state index in [0.717, 1.165) is 17.5 Å². The Kier molecular flexibility index (Phi) is 3.87. The van der Waals surface area contributed by atoms with Crippen LogP contribution in [0.3, 0.4) is 0 Å². The van der Waals surface area contributed by atoms with Crippen molar-refractivity contribution in [3.8, 4) is 0 Å². The molecule has 0 saturated carbocycles. The smallest absolute Gasteiger partial charge is 0.274 e. The number of rotatable bonds is 5. The van der Waals surface area contributed by atoms with Gasteiger partial charge in [-0.25, -0.2) is 0 Å². The van der Waals surface area contributed by atoms with Gasteiger partial charge in [-0.15, -0.1) is 0 Å². The molecule has 88 valence electrons. The second-order valence-corrected chi connectivity index (χ2v) is 3.47. The first kappa shape index (κ1) is 12.0. The molecular weight excluding hydrogens is 212 g/mol. The van der Waals surface area contributed by atoms with E-state index in [0.29, 0.717) is 12.4 Å². The minimum atomic E-state index is -0.497. The summed E-state index contributed by atoms with van der Waals surface area (Å²) < 4.78 is 4.76. The van der Waals surface area contributed by atoms with Crippen LogP contribution in [0.25, 0.3) is 0 Å². The number of hydrogen-bond donors (Lipinski definition) is 1. The van der Waals surface area contributed by atoms with Crippen molar-refractivity contribution in [1.82, 2.24) is 15.4 Å². The fraction of sp³-hybridized carbons (Fsp3) is 0.444. The second kappa shape index (κ2) is 5.15. The van der Waals surface area contributed by atoms with Crippen molar-refractivity contribution in [2.45, 2.75) is 13.5 Å². The quantitative estimate of drug-likeness (QED) is 0.588. The maximum absolute atomic E-state index is 10.4. The topological polar surface area (TPSA) is 84.4 Å². The fourth-order valence-corrected chi connectivity index (χ4v) is 1.09. The molecule has 0 unspecified atom stereocenters. The molecule has 0 bridgehead atoms. The van der Waals surface area contributed by atoms with Crippen LogP contribution < -0.4 is 5.32 Å². The van der Waals surface area contributed by atoms with E-state index >= 15 is 0 Å². The summed E-state index contributed by atoms with van der Waals surface area (Å²) in [4.78, 5) is 11.5. The summed E-state index contributed by atoms with van der Waals surface area (Å²) in [6.45, 7) is 2.25. The van der Waals surface area contributed by atoms with Gasteiger partial charge in [0.2, 0.25) is 0 Å². The molecule has 1 heterocycles. The van der Waals surface area contributed by atoms with Gasteiger partial charge in [-0.3, -0.25) is 10.1 Å². The van der Waals surface area contributed by atoms with E-state index in [2.05, 4.69) is 10.5 Å². The lowest BCUT2D eigenvalue weighted by molar-refractivity contribution is -0.404. The van der Waals surface area contributed by atoms with E-state index in [9.17, 15) is 10.1 Å². The predicted molar refractivity (Wildman–Crippen MR) is 56.8 cm³/mol. The van der Waals surface area contributed by atoms with E-state index in [1.807, 2.05) is 6.92 Å². The van der Waals surface area contributed by atoms with Crippen molar-refractivity contribution in [3.05, 3.63) is 39.7 Å². The molecule has 7 heteroatoms. The van der Waals surface area contributed by atoms with Crippen molar-refractivity contribution in [2.24, 2.45) is 0 Å². The fourth-order valence-electron chi connectivity index (χ4n) is 1.09. The van der Waals surface area contributed by atoms with Crippen LogP contribution in [0.2, 0.25) is 0 Å². The van der Waals surface area contributed by atoms with Crippen LogP contribution >= 0.6 is 0 Å². The summed E-state index contributed by atoms with van der Waals surface area (Å²) in [6, 6.07) is 0.